The molecule has 1 aromatic carbocycles. The Morgan fingerprint density at radius 3 is 2.81 bits per heavy atom. The number of benzene rings is 1. The van der Waals surface area contributed by atoms with Crippen LogP contribution in [-0.2, 0) is 6.42 Å². The summed E-state index contributed by atoms with van der Waals surface area (Å²) in [6.07, 6.45) is 5.09. The van der Waals surface area contributed by atoms with Gasteiger partial charge in [0.05, 0.1) is 7.11 Å². The fourth-order valence-electron chi connectivity index (χ4n) is 3.53. The Balaban J connectivity index is 1.91. The van der Waals surface area contributed by atoms with Gasteiger partial charge in [-0.15, -0.1) is 0 Å². The predicted molar refractivity (Wildman–Crippen MR) is 89.0 cm³/mol. The van der Waals surface area contributed by atoms with E-state index in [1.165, 1.54) is 31.4 Å². The largest absolute Gasteiger partial charge is 0.496 e. The molecule has 1 N–H and O–H groups in total. The fraction of sp³-hybridized carbons (Fsp3) is 0.667. The van der Waals surface area contributed by atoms with Gasteiger partial charge in [-0.3, -0.25) is 0 Å². The van der Waals surface area contributed by atoms with Gasteiger partial charge in [-0.25, -0.2) is 0 Å². The lowest BCUT2D eigenvalue weighted by Gasteiger charge is -2.30. The van der Waals surface area contributed by atoms with Gasteiger partial charge in [-0.05, 0) is 57.8 Å². The Morgan fingerprint density at radius 2 is 2.10 bits per heavy atom. The first-order chi connectivity index (χ1) is 10.2. The average Bonchev–Trinajstić information content (AvgIpc) is 2.94. The molecule has 0 saturated heterocycles. The van der Waals surface area contributed by atoms with Gasteiger partial charge >= 0.3 is 0 Å². The van der Waals surface area contributed by atoms with Crippen LogP contribution in [-0.4, -0.2) is 44.7 Å². The molecule has 3 nitrogen and oxygen atoms in total. The summed E-state index contributed by atoms with van der Waals surface area (Å²) in [5.74, 6) is 1.80. The van der Waals surface area contributed by atoms with Gasteiger partial charge in [-0.2, -0.15) is 0 Å². The topological polar surface area (TPSA) is 24.5 Å². The second kappa shape index (κ2) is 7.81. The minimum absolute atomic E-state index is 0.527. The van der Waals surface area contributed by atoms with Gasteiger partial charge in [-0.1, -0.05) is 24.6 Å². The SMILES string of the molecule is CNC1CCCC1CN(C)C(C)Cc1ccccc1OC. The molecule has 0 aliphatic heterocycles. The molecule has 0 radical (unpaired) electrons. The van der Waals surface area contributed by atoms with E-state index in [1.807, 2.05) is 6.07 Å². The minimum atomic E-state index is 0.527. The van der Waals surface area contributed by atoms with Crippen LogP contribution in [0.1, 0.15) is 31.7 Å². The summed E-state index contributed by atoms with van der Waals surface area (Å²) in [6.45, 7) is 3.50. The molecule has 3 atom stereocenters. The second-order valence-corrected chi connectivity index (χ2v) is 6.39. The molecule has 118 valence electrons. The van der Waals surface area contributed by atoms with Gasteiger partial charge < -0.3 is 15.0 Å². The number of hydrogen-bond acceptors (Lipinski definition) is 3. The summed E-state index contributed by atoms with van der Waals surface area (Å²) < 4.78 is 5.47. The molecule has 21 heavy (non-hydrogen) atoms. The molecule has 1 aromatic rings. The summed E-state index contributed by atoms with van der Waals surface area (Å²) in [4.78, 5) is 2.51. The zero-order valence-corrected chi connectivity index (χ0v) is 13.9. The summed E-state index contributed by atoms with van der Waals surface area (Å²) in [6, 6.07) is 9.58. The van der Waals surface area contributed by atoms with Gasteiger partial charge in [0.2, 0.25) is 0 Å². The van der Waals surface area contributed by atoms with Crippen LogP contribution in [0.2, 0.25) is 0 Å². The first-order valence-electron chi connectivity index (χ1n) is 8.15. The van der Waals surface area contributed by atoms with Crippen LogP contribution in [0.3, 0.4) is 0 Å². The van der Waals surface area contributed by atoms with E-state index >= 15 is 0 Å². The molecule has 1 saturated carbocycles. The lowest BCUT2D eigenvalue weighted by Crippen LogP contribution is -2.40. The van der Waals surface area contributed by atoms with E-state index in [9.17, 15) is 0 Å². The number of nitrogens with one attached hydrogen (secondary N) is 1. The van der Waals surface area contributed by atoms with Gasteiger partial charge in [0.1, 0.15) is 5.75 Å². The normalized spacial score (nSPS) is 23.5. The molecule has 0 bridgehead atoms. The van der Waals surface area contributed by atoms with Crippen LogP contribution in [0.15, 0.2) is 24.3 Å². The van der Waals surface area contributed by atoms with Crippen LogP contribution in [0.25, 0.3) is 0 Å². The van der Waals surface area contributed by atoms with E-state index in [-0.39, 0.29) is 0 Å². The van der Waals surface area contributed by atoms with Crippen molar-refractivity contribution < 1.29 is 4.74 Å². The number of nitrogens with zero attached hydrogens (tertiary/aromatic N) is 1. The maximum Gasteiger partial charge on any atom is 0.122 e. The van der Waals surface area contributed by atoms with Crippen LogP contribution in [0, 0.1) is 5.92 Å². The first kappa shape index (κ1) is 16.3. The Morgan fingerprint density at radius 1 is 1.33 bits per heavy atom. The summed E-state index contributed by atoms with van der Waals surface area (Å²) in [7, 11) is 6.11. The molecule has 1 fully saturated rings. The molecule has 0 heterocycles. The third-order valence-electron chi connectivity index (χ3n) is 5.01. The lowest BCUT2D eigenvalue weighted by molar-refractivity contribution is 0.203. The van der Waals surface area contributed by atoms with Crippen molar-refractivity contribution in [2.45, 2.75) is 44.7 Å². The lowest BCUT2D eigenvalue weighted by atomic mass is 10.0. The molecular weight excluding hydrogens is 260 g/mol. The number of hydrogen-bond donors (Lipinski definition) is 1. The number of methoxy groups -OCH3 is 1. The van der Waals surface area contributed by atoms with E-state index in [2.05, 4.69) is 49.4 Å². The van der Waals surface area contributed by atoms with Crippen LogP contribution >= 0.6 is 0 Å². The Kier molecular flexibility index (Phi) is 6.07. The van der Waals surface area contributed by atoms with E-state index in [0.717, 1.165) is 18.1 Å². The molecule has 2 rings (SSSR count). The Bertz CT molecular complexity index is 435. The molecule has 0 amide bonds. The van der Waals surface area contributed by atoms with Gasteiger partial charge in [0.25, 0.3) is 0 Å². The average molecular weight is 290 g/mol. The maximum absolute atomic E-state index is 5.47. The van der Waals surface area contributed by atoms with E-state index in [0.29, 0.717) is 12.1 Å². The highest BCUT2D eigenvalue weighted by molar-refractivity contribution is 5.33. The van der Waals surface area contributed by atoms with Crippen molar-refractivity contribution in [3.8, 4) is 5.75 Å². The number of rotatable bonds is 7. The van der Waals surface area contributed by atoms with E-state index in [4.69, 9.17) is 4.74 Å². The van der Waals surface area contributed by atoms with Gasteiger partial charge in [0, 0.05) is 18.6 Å². The number of para-hydroxylation sites is 1. The van der Waals surface area contributed by atoms with Crippen LogP contribution in [0.4, 0.5) is 0 Å². The minimum Gasteiger partial charge on any atom is -0.496 e. The number of ether oxygens (including phenoxy) is 1. The zero-order valence-electron chi connectivity index (χ0n) is 13.9. The highest BCUT2D eigenvalue weighted by Gasteiger charge is 2.27. The Hall–Kier alpha value is -1.06. The predicted octanol–water partition coefficient (Wildman–Crippen LogP) is 2.95. The van der Waals surface area contributed by atoms with Crippen LogP contribution < -0.4 is 10.1 Å². The first-order valence-corrected chi connectivity index (χ1v) is 8.15. The molecule has 3 heteroatoms. The standard InChI is InChI=1S/C18H30N2O/c1-14(12-15-8-5-6-11-18(15)21-4)20(3)13-16-9-7-10-17(16)19-2/h5-6,8,11,14,16-17,19H,7,9-10,12-13H2,1-4H3. The van der Waals surface area contributed by atoms with Gasteiger partial charge in [0.15, 0.2) is 0 Å². The molecule has 0 aromatic heterocycles. The molecule has 1 aliphatic rings. The third kappa shape index (κ3) is 4.21. The Labute approximate surface area is 129 Å². The summed E-state index contributed by atoms with van der Waals surface area (Å²) in [5, 5.41) is 3.48. The monoisotopic (exact) mass is 290 g/mol. The van der Waals surface area contributed by atoms with Crippen molar-refractivity contribution >= 4 is 0 Å². The second-order valence-electron chi connectivity index (χ2n) is 6.39. The van der Waals surface area contributed by atoms with Crippen molar-refractivity contribution in [2.75, 3.05) is 27.7 Å². The molecule has 0 spiro atoms. The smallest absolute Gasteiger partial charge is 0.122 e. The van der Waals surface area contributed by atoms with E-state index in [1.54, 1.807) is 7.11 Å². The summed E-state index contributed by atoms with van der Waals surface area (Å²) >= 11 is 0. The van der Waals surface area contributed by atoms with Crippen molar-refractivity contribution in [1.82, 2.24) is 10.2 Å². The maximum atomic E-state index is 5.47. The van der Waals surface area contributed by atoms with Crippen molar-refractivity contribution in [2.24, 2.45) is 5.92 Å². The molecule has 3 unspecified atom stereocenters. The van der Waals surface area contributed by atoms with E-state index < -0.39 is 0 Å². The fourth-order valence-corrected chi connectivity index (χ4v) is 3.53. The number of likely N-dealkylation sites (N-methyl/N-ethyl adjacent to an activating group) is 1. The third-order valence-corrected chi connectivity index (χ3v) is 5.01. The van der Waals surface area contributed by atoms with Crippen molar-refractivity contribution in [3.05, 3.63) is 29.8 Å². The molecular formula is C18H30N2O. The highest BCUT2D eigenvalue weighted by atomic mass is 16.5. The van der Waals surface area contributed by atoms with Crippen LogP contribution in [0.5, 0.6) is 5.75 Å². The summed E-state index contributed by atoms with van der Waals surface area (Å²) in [5.41, 5.74) is 1.30. The molecule has 1 aliphatic carbocycles. The quantitative estimate of drug-likeness (QED) is 0.835. The zero-order chi connectivity index (χ0) is 15.2. The highest BCUT2D eigenvalue weighted by Crippen LogP contribution is 2.27. The van der Waals surface area contributed by atoms with Crippen molar-refractivity contribution in [1.29, 1.82) is 0 Å². The van der Waals surface area contributed by atoms with Crippen molar-refractivity contribution in [3.63, 3.8) is 0 Å².